The Bertz CT molecular complexity index is 556. The molecule has 0 aliphatic heterocycles. The minimum Gasteiger partial charge on any atom is -0.375 e. The molecular weight excluding hydrogens is 270 g/mol. The third kappa shape index (κ3) is 3.45. The minimum absolute atomic E-state index is 0.0970. The molecule has 6 heteroatoms. The average molecular weight is 282 g/mol. The zero-order chi connectivity index (χ0) is 13.0. The number of nitrogen functional groups attached to an aromatic ring is 1. The van der Waals surface area contributed by atoms with Gasteiger partial charge in [-0.3, -0.25) is 4.79 Å². The highest BCUT2D eigenvalue weighted by atomic mass is 35.5. The van der Waals surface area contributed by atoms with Gasteiger partial charge in [-0.15, -0.1) is 11.3 Å². The number of hydrogen-bond donors (Lipinski definition) is 2. The molecule has 0 bridgehead atoms. The van der Waals surface area contributed by atoms with Crippen LogP contribution < -0.4 is 11.1 Å². The largest absolute Gasteiger partial charge is 0.375 e. The molecule has 0 radical (unpaired) electrons. The highest BCUT2D eigenvalue weighted by Crippen LogP contribution is 2.14. The summed E-state index contributed by atoms with van der Waals surface area (Å²) in [6.45, 7) is 0.415. The van der Waals surface area contributed by atoms with Gasteiger partial charge in [0.2, 0.25) is 5.91 Å². The molecule has 2 rings (SSSR count). The van der Waals surface area contributed by atoms with Crippen LogP contribution in [0.3, 0.4) is 0 Å². The molecule has 0 spiro atoms. The Labute approximate surface area is 114 Å². The first-order chi connectivity index (χ1) is 8.65. The van der Waals surface area contributed by atoms with Crippen LogP contribution in [0, 0.1) is 0 Å². The number of amides is 1. The van der Waals surface area contributed by atoms with Crippen LogP contribution >= 0.6 is 22.9 Å². The van der Waals surface area contributed by atoms with Crippen LogP contribution in [-0.2, 0) is 17.8 Å². The maximum Gasteiger partial charge on any atom is 0.226 e. The Morgan fingerprint density at radius 2 is 2.22 bits per heavy atom. The first kappa shape index (κ1) is 12.9. The van der Waals surface area contributed by atoms with Gasteiger partial charge in [-0.25, -0.2) is 4.98 Å². The summed E-state index contributed by atoms with van der Waals surface area (Å²) in [6.07, 6.45) is 0.234. The number of halogens is 1. The lowest BCUT2D eigenvalue weighted by molar-refractivity contribution is -0.120. The van der Waals surface area contributed by atoms with Crippen molar-refractivity contribution in [1.82, 2.24) is 10.3 Å². The summed E-state index contributed by atoms with van der Waals surface area (Å²) in [6, 6.07) is 7.41. The molecule has 0 fully saturated rings. The molecule has 1 amide bonds. The number of aromatic nitrogens is 1. The molecule has 1 aromatic carbocycles. The van der Waals surface area contributed by atoms with Crippen molar-refractivity contribution >= 4 is 34.0 Å². The van der Waals surface area contributed by atoms with Gasteiger partial charge >= 0.3 is 0 Å². The Kier molecular flexibility index (Phi) is 4.17. The average Bonchev–Trinajstić information content (AvgIpc) is 2.74. The Balaban J connectivity index is 1.87. The molecule has 0 saturated carbocycles. The molecule has 0 unspecified atom stereocenters. The van der Waals surface area contributed by atoms with Crippen molar-refractivity contribution in [3.63, 3.8) is 0 Å². The summed E-state index contributed by atoms with van der Waals surface area (Å²) in [5.74, 6) is -0.0970. The first-order valence-electron chi connectivity index (χ1n) is 5.35. The summed E-state index contributed by atoms with van der Waals surface area (Å²) in [5, 5.41) is 5.70. The monoisotopic (exact) mass is 281 g/mol. The second kappa shape index (κ2) is 5.84. The topological polar surface area (TPSA) is 68.0 Å². The number of carbonyl (C=O) groups excluding carboxylic acids is 1. The van der Waals surface area contributed by atoms with Gasteiger partial charge in [0, 0.05) is 16.9 Å². The Hall–Kier alpha value is -1.59. The molecule has 1 heterocycles. The number of anilines is 1. The molecule has 2 aromatic rings. The normalized spacial score (nSPS) is 10.3. The van der Waals surface area contributed by atoms with Crippen molar-refractivity contribution in [3.8, 4) is 0 Å². The van der Waals surface area contributed by atoms with Crippen LogP contribution in [0.25, 0.3) is 0 Å². The molecule has 4 nitrogen and oxygen atoms in total. The molecule has 0 saturated heterocycles. The number of thiazole rings is 1. The molecule has 3 N–H and O–H groups in total. The molecule has 0 aliphatic carbocycles. The smallest absolute Gasteiger partial charge is 0.226 e. The molecule has 0 aliphatic rings. The predicted molar refractivity (Wildman–Crippen MR) is 73.5 cm³/mol. The zero-order valence-corrected chi connectivity index (χ0v) is 11.1. The van der Waals surface area contributed by atoms with E-state index in [1.807, 2.05) is 18.2 Å². The summed E-state index contributed by atoms with van der Waals surface area (Å²) < 4.78 is 0. The van der Waals surface area contributed by atoms with Crippen molar-refractivity contribution in [3.05, 3.63) is 45.9 Å². The van der Waals surface area contributed by atoms with E-state index >= 15 is 0 Å². The molecular formula is C12H12ClN3OS. The van der Waals surface area contributed by atoms with E-state index in [4.69, 9.17) is 17.3 Å². The van der Waals surface area contributed by atoms with E-state index < -0.39 is 0 Å². The number of rotatable bonds is 4. The number of carbonyl (C=O) groups is 1. The lowest BCUT2D eigenvalue weighted by Crippen LogP contribution is -2.24. The van der Waals surface area contributed by atoms with Gasteiger partial charge in [0.1, 0.15) is 0 Å². The van der Waals surface area contributed by atoms with E-state index in [2.05, 4.69) is 10.3 Å². The van der Waals surface area contributed by atoms with E-state index in [-0.39, 0.29) is 12.3 Å². The lowest BCUT2D eigenvalue weighted by Gasteiger charge is -2.05. The molecule has 18 heavy (non-hydrogen) atoms. The highest BCUT2D eigenvalue weighted by molar-refractivity contribution is 7.13. The fraction of sp³-hybridized carbons (Fsp3) is 0.167. The maximum atomic E-state index is 11.7. The van der Waals surface area contributed by atoms with E-state index in [1.165, 1.54) is 11.3 Å². The maximum absolute atomic E-state index is 11.7. The SMILES string of the molecule is Nc1nc(CC(=O)NCc2ccccc2Cl)cs1. The zero-order valence-electron chi connectivity index (χ0n) is 9.52. The van der Waals surface area contributed by atoms with Crippen molar-refractivity contribution in [2.45, 2.75) is 13.0 Å². The van der Waals surface area contributed by atoms with Crippen molar-refractivity contribution in [2.24, 2.45) is 0 Å². The van der Waals surface area contributed by atoms with E-state index in [9.17, 15) is 4.79 Å². The second-order valence-corrected chi connectivity index (χ2v) is 5.02. The van der Waals surface area contributed by atoms with Gasteiger partial charge in [-0.05, 0) is 11.6 Å². The summed E-state index contributed by atoms with van der Waals surface area (Å²) in [4.78, 5) is 15.7. The van der Waals surface area contributed by atoms with Gasteiger partial charge < -0.3 is 11.1 Å². The number of hydrogen-bond acceptors (Lipinski definition) is 4. The van der Waals surface area contributed by atoms with Gasteiger partial charge in [0.25, 0.3) is 0 Å². The predicted octanol–water partition coefficient (Wildman–Crippen LogP) is 2.24. The van der Waals surface area contributed by atoms with Gasteiger partial charge in [0.15, 0.2) is 5.13 Å². The molecule has 0 atom stereocenters. The van der Waals surface area contributed by atoms with Crippen LogP contribution in [0.2, 0.25) is 5.02 Å². The second-order valence-electron chi connectivity index (χ2n) is 3.72. The van der Waals surface area contributed by atoms with E-state index in [0.717, 1.165) is 5.56 Å². The third-order valence-corrected chi connectivity index (χ3v) is 3.44. The fourth-order valence-corrected chi connectivity index (χ4v) is 2.23. The number of nitrogens with two attached hydrogens (primary N) is 1. The summed E-state index contributed by atoms with van der Waals surface area (Å²) >= 11 is 7.32. The van der Waals surface area contributed by atoms with Crippen LogP contribution in [0.4, 0.5) is 5.13 Å². The third-order valence-electron chi connectivity index (χ3n) is 2.35. The van der Waals surface area contributed by atoms with Crippen molar-refractivity contribution < 1.29 is 4.79 Å². The number of nitrogens with zero attached hydrogens (tertiary/aromatic N) is 1. The van der Waals surface area contributed by atoms with Crippen LogP contribution in [-0.4, -0.2) is 10.9 Å². The van der Waals surface area contributed by atoms with Gasteiger partial charge in [0.05, 0.1) is 12.1 Å². The standard InChI is InChI=1S/C12H12ClN3OS/c13-10-4-2-1-3-8(10)6-15-11(17)5-9-7-18-12(14)16-9/h1-4,7H,5-6H2,(H2,14,16)(H,15,17). The van der Waals surface area contributed by atoms with Crippen LogP contribution in [0.1, 0.15) is 11.3 Å². The lowest BCUT2D eigenvalue weighted by atomic mass is 10.2. The van der Waals surface area contributed by atoms with Gasteiger partial charge in [-0.2, -0.15) is 0 Å². The fourth-order valence-electron chi connectivity index (χ4n) is 1.47. The number of nitrogens with one attached hydrogen (secondary N) is 1. The van der Waals surface area contributed by atoms with Gasteiger partial charge in [-0.1, -0.05) is 29.8 Å². The van der Waals surface area contributed by atoms with Crippen LogP contribution in [0.5, 0.6) is 0 Å². The summed E-state index contributed by atoms with van der Waals surface area (Å²) in [7, 11) is 0. The molecule has 94 valence electrons. The van der Waals surface area contributed by atoms with E-state index in [0.29, 0.717) is 22.4 Å². The van der Waals surface area contributed by atoms with E-state index in [1.54, 1.807) is 11.4 Å². The van der Waals surface area contributed by atoms with Crippen molar-refractivity contribution in [1.29, 1.82) is 0 Å². The number of benzene rings is 1. The summed E-state index contributed by atoms with van der Waals surface area (Å²) in [5.41, 5.74) is 7.08. The van der Waals surface area contributed by atoms with Crippen LogP contribution in [0.15, 0.2) is 29.6 Å². The first-order valence-corrected chi connectivity index (χ1v) is 6.61. The highest BCUT2D eigenvalue weighted by Gasteiger charge is 2.07. The molecule has 1 aromatic heterocycles. The Morgan fingerprint density at radius 1 is 1.44 bits per heavy atom. The van der Waals surface area contributed by atoms with Crippen molar-refractivity contribution in [2.75, 3.05) is 5.73 Å². The minimum atomic E-state index is -0.0970. The Morgan fingerprint density at radius 3 is 2.89 bits per heavy atom. The quantitative estimate of drug-likeness (QED) is 0.903.